The van der Waals surface area contributed by atoms with Crippen molar-refractivity contribution in [2.24, 2.45) is 0 Å². The lowest BCUT2D eigenvalue weighted by atomic mass is 10.0. The molecule has 0 bridgehead atoms. The monoisotopic (exact) mass is 355 g/mol. The fourth-order valence-electron chi connectivity index (χ4n) is 2.65. The second-order valence-corrected chi connectivity index (χ2v) is 6.36. The van der Waals surface area contributed by atoms with Crippen LogP contribution in [0.3, 0.4) is 0 Å². The third-order valence-electron chi connectivity index (χ3n) is 4.17. The van der Waals surface area contributed by atoms with E-state index in [4.69, 9.17) is 16.0 Å². The minimum Gasteiger partial charge on any atom is -0.422 e. The molecule has 0 fully saturated rings. The molecule has 0 radical (unpaired) electrons. The second kappa shape index (κ2) is 7.11. The Balaban J connectivity index is 1.85. The Labute approximate surface area is 150 Å². The van der Waals surface area contributed by atoms with Crippen LogP contribution in [0.2, 0.25) is 5.02 Å². The number of aryl methyl sites for hydroxylation is 1. The van der Waals surface area contributed by atoms with Gasteiger partial charge in [-0.25, -0.2) is 4.79 Å². The molecule has 3 aromatic rings. The van der Waals surface area contributed by atoms with Crippen molar-refractivity contribution in [1.29, 1.82) is 0 Å². The molecular formula is C20H18ClNO3. The van der Waals surface area contributed by atoms with Crippen LogP contribution >= 0.6 is 11.6 Å². The van der Waals surface area contributed by atoms with E-state index in [1.165, 1.54) is 11.6 Å². The van der Waals surface area contributed by atoms with E-state index >= 15 is 0 Å². The summed E-state index contributed by atoms with van der Waals surface area (Å²) in [5.41, 5.74) is 1.90. The van der Waals surface area contributed by atoms with Gasteiger partial charge in [0.2, 0.25) is 0 Å². The average molecular weight is 356 g/mol. The van der Waals surface area contributed by atoms with Gasteiger partial charge >= 0.3 is 5.63 Å². The number of carbonyl (C=O) groups excluding carboxylic acids is 1. The lowest BCUT2D eigenvalue weighted by Gasteiger charge is -2.14. The average Bonchev–Trinajstić information content (AvgIpc) is 2.61. The zero-order chi connectivity index (χ0) is 18.0. The van der Waals surface area contributed by atoms with Crippen LogP contribution in [-0.4, -0.2) is 5.91 Å². The lowest BCUT2D eigenvalue weighted by Crippen LogP contribution is -2.30. The normalized spacial score (nSPS) is 12.1. The summed E-state index contributed by atoms with van der Waals surface area (Å²) in [5, 5.41) is 3.96. The van der Waals surface area contributed by atoms with Gasteiger partial charge in [-0.1, -0.05) is 42.8 Å². The molecular weight excluding hydrogens is 338 g/mol. The van der Waals surface area contributed by atoms with Gasteiger partial charge < -0.3 is 9.73 Å². The molecule has 0 spiro atoms. The van der Waals surface area contributed by atoms with E-state index in [0.717, 1.165) is 12.0 Å². The molecule has 4 nitrogen and oxygen atoms in total. The highest BCUT2D eigenvalue weighted by molar-refractivity contribution is 6.31. The van der Waals surface area contributed by atoms with Gasteiger partial charge in [-0.2, -0.15) is 0 Å². The highest BCUT2D eigenvalue weighted by Gasteiger charge is 2.17. The van der Waals surface area contributed by atoms with Gasteiger partial charge in [0.25, 0.3) is 5.91 Å². The largest absolute Gasteiger partial charge is 0.422 e. The molecule has 1 aromatic heterocycles. The van der Waals surface area contributed by atoms with Crippen LogP contribution in [0.25, 0.3) is 11.0 Å². The Morgan fingerprint density at radius 1 is 1.16 bits per heavy atom. The molecule has 0 saturated carbocycles. The molecule has 3 rings (SSSR count). The van der Waals surface area contributed by atoms with Crippen molar-refractivity contribution in [3.63, 3.8) is 0 Å². The number of halogens is 1. The molecule has 1 N–H and O–H groups in total. The number of hydrogen-bond acceptors (Lipinski definition) is 3. The summed E-state index contributed by atoms with van der Waals surface area (Å²) in [6.07, 6.45) is 0.960. The topological polar surface area (TPSA) is 59.3 Å². The SMILES string of the molecule is CCc1ccc(C(C)NC(=O)c2cc3cc(Cl)ccc3oc2=O)cc1. The molecule has 0 aliphatic heterocycles. The van der Waals surface area contributed by atoms with E-state index in [-0.39, 0.29) is 11.6 Å². The maximum atomic E-state index is 12.5. The number of fused-ring (bicyclic) bond motifs is 1. The molecule has 2 aromatic carbocycles. The Bertz CT molecular complexity index is 976. The van der Waals surface area contributed by atoms with Crippen LogP contribution in [0.5, 0.6) is 0 Å². The Kier molecular flexibility index (Phi) is 4.91. The fraction of sp³-hybridized carbons (Fsp3) is 0.200. The van der Waals surface area contributed by atoms with Crippen LogP contribution < -0.4 is 10.9 Å². The van der Waals surface area contributed by atoms with Crippen molar-refractivity contribution in [3.05, 3.63) is 80.7 Å². The van der Waals surface area contributed by atoms with Gasteiger partial charge in [-0.3, -0.25) is 4.79 Å². The molecule has 1 atom stereocenters. The maximum absolute atomic E-state index is 12.5. The minimum atomic E-state index is -0.666. The molecule has 0 aliphatic carbocycles. The fourth-order valence-corrected chi connectivity index (χ4v) is 2.83. The van der Waals surface area contributed by atoms with Gasteiger partial charge in [0.1, 0.15) is 11.1 Å². The van der Waals surface area contributed by atoms with Gasteiger partial charge in [-0.05, 0) is 48.7 Å². The summed E-state index contributed by atoms with van der Waals surface area (Å²) < 4.78 is 5.21. The predicted molar refractivity (Wildman–Crippen MR) is 99.2 cm³/mol. The molecule has 1 amide bonds. The van der Waals surface area contributed by atoms with E-state index in [9.17, 15) is 9.59 Å². The van der Waals surface area contributed by atoms with E-state index in [0.29, 0.717) is 16.0 Å². The second-order valence-electron chi connectivity index (χ2n) is 5.92. The van der Waals surface area contributed by atoms with Crippen molar-refractivity contribution >= 4 is 28.5 Å². The zero-order valence-electron chi connectivity index (χ0n) is 14.0. The van der Waals surface area contributed by atoms with Crippen molar-refractivity contribution in [1.82, 2.24) is 5.32 Å². The summed E-state index contributed by atoms with van der Waals surface area (Å²) in [5.74, 6) is -0.470. The minimum absolute atomic E-state index is 0.0354. The van der Waals surface area contributed by atoms with Gasteiger partial charge in [0.15, 0.2) is 0 Å². The van der Waals surface area contributed by atoms with Crippen molar-refractivity contribution in [2.75, 3.05) is 0 Å². The third-order valence-corrected chi connectivity index (χ3v) is 4.41. The van der Waals surface area contributed by atoms with Crippen LogP contribution in [0.4, 0.5) is 0 Å². The Hall–Kier alpha value is -2.59. The Morgan fingerprint density at radius 3 is 2.56 bits per heavy atom. The molecule has 25 heavy (non-hydrogen) atoms. The first-order valence-electron chi connectivity index (χ1n) is 8.11. The molecule has 128 valence electrons. The number of nitrogens with one attached hydrogen (secondary N) is 1. The number of amides is 1. The van der Waals surface area contributed by atoms with Crippen LogP contribution in [0.1, 0.15) is 41.4 Å². The first-order chi connectivity index (χ1) is 12.0. The number of benzene rings is 2. The van der Waals surface area contributed by atoms with Crippen molar-refractivity contribution in [3.8, 4) is 0 Å². The molecule has 1 heterocycles. The first kappa shape index (κ1) is 17.2. The highest BCUT2D eigenvalue weighted by atomic mass is 35.5. The van der Waals surface area contributed by atoms with E-state index in [2.05, 4.69) is 12.2 Å². The number of carbonyl (C=O) groups is 1. The van der Waals surface area contributed by atoms with Crippen molar-refractivity contribution in [2.45, 2.75) is 26.3 Å². The Morgan fingerprint density at radius 2 is 1.88 bits per heavy atom. The standard InChI is InChI=1S/C20H18ClNO3/c1-3-13-4-6-14(7-5-13)12(2)22-19(23)17-11-15-10-16(21)8-9-18(15)25-20(17)24/h4-12H,3H2,1-2H3,(H,22,23). The van der Waals surface area contributed by atoms with E-state index in [1.54, 1.807) is 18.2 Å². The molecule has 0 aliphatic rings. The van der Waals surface area contributed by atoms with Crippen LogP contribution in [-0.2, 0) is 6.42 Å². The lowest BCUT2D eigenvalue weighted by molar-refractivity contribution is 0.0936. The maximum Gasteiger partial charge on any atom is 0.349 e. The van der Waals surface area contributed by atoms with Gasteiger partial charge in [-0.15, -0.1) is 0 Å². The quantitative estimate of drug-likeness (QED) is 0.701. The summed E-state index contributed by atoms with van der Waals surface area (Å²) in [6, 6.07) is 14.2. The first-order valence-corrected chi connectivity index (χ1v) is 8.49. The smallest absolute Gasteiger partial charge is 0.349 e. The molecule has 0 saturated heterocycles. The summed E-state index contributed by atoms with van der Waals surface area (Å²) >= 11 is 5.96. The van der Waals surface area contributed by atoms with Crippen molar-refractivity contribution < 1.29 is 9.21 Å². The summed E-state index contributed by atoms with van der Waals surface area (Å²) in [6.45, 7) is 3.96. The van der Waals surface area contributed by atoms with E-state index < -0.39 is 11.5 Å². The number of rotatable bonds is 4. The zero-order valence-corrected chi connectivity index (χ0v) is 14.8. The predicted octanol–water partition coefficient (Wildman–Crippen LogP) is 4.50. The van der Waals surface area contributed by atoms with E-state index in [1.807, 2.05) is 31.2 Å². The van der Waals surface area contributed by atoms with Crippen LogP contribution in [0, 0.1) is 0 Å². The molecule has 5 heteroatoms. The highest BCUT2D eigenvalue weighted by Crippen LogP contribution is 2.19. The van der Waals surface area contributed by atoms with Gasteiger partial charge in [0.05, 0.1) is 6.04 Å². The third kappa shape index (κ3) is 3.74. The number of hydrogen-bond donors (Lipinski definition) is 1. The van der Waals surface area contributed by atoms with Gasteiger partial charge in [0, 0.05) is 10.4 Å². The molecule has 1 unspecified atom stereocenters. The van der Waals surface area contributed by atoms with Crippen LogP contribution in [0.15, 0.2) is 57.7 Å². The summed E-state index contributed by atoms with van der Waals surface area (Å²) in [7, 11) is 0. The summed E-state index contributed by atoms with van der Waals surface area (Å²) in [4.78, 5) is 24.6.